The van der Waals surface area contributed by atoms with Gasteiger partial charge in [0.1, 0.15) is 0 Å². The molecule has 0 N–H and O–H groups in total. The highest BCUT2D eigenvalue weighted by atomic mass is 32.2. The molecule has 0 saturated heterocycles. The summed E-state index contributed by atoms with van der Waals surface area (Å²) >= 11 is 0. The van der Waals surface area contributed by atoms with Gasteiger partial charge in [0.2, 0.25) is 0 Å². The van der Waals surface area contributed by atoms with Gasteiger partial charge in [-0.05, 0) is 18.3 Å². The second-order valence-electron chi connectivity index (χ2n) is 4.44. The zero-order valence-corrected chi connectivity index (χ0v) is 9.85. The summed E-state index contributed by atoms with van der Waals surface area (Å²) < 4.78 is 26.1. The molecule has 0 unspecified atom stereocenters. The minimum absolute atomic E-state index is 0.359. The third kappa shape index (κ3) is 4.96. The summed E-state index contributed by atoms with van der Waals surface area (Å²) in [5.41, 5.74) is 0. The number of rotatable bonds is 4. The second-order valence-corrected chi connectivity index (χ2v) is 6.08. The molecule has 4 heteroatoms. The molecule has 3 nitrogen and oxygen atoms in total. The van der Waals surface area contributed by atoms with Crippen molar-refractivity contribution < 1.29 is 12.6 Å². The SMILES string of the molecule is CS(=O)(=O)OCC[C@H]1CC[C@@H](C)CC1. The summed E-state index contributed by atoms with van der Waals surface area (Å²) in [5, 5.41) is 0. The van der Waals surface area contributed by atoms with Gasteiger partial charge < -0.3 is 0 Å². The Morgan fingerprint density at radius 1 is 1.21 bits per heavy atom. The van der Waals surface area contributed by atoms with Gasteiger partial charge in [-0.15, -0.1) is 0 Å². The summed E-state index contributed by atoms with van der Waals surface area (Å²) in [5.74, 6) is 1.52. The molecule has 0 heterocycles. The van der Waals surface area contributed by atoms with E-state index in [0.29, 0.717) is 12.5 Å². The lowest BCUT2D eigenvalue weighted by molar-refractivity contribution is 0.227. The number of hydrogen-bond donors (Lipinski definition) is 0. The predicted octanol–water partition coefficient (Wildman–Crippen LogP) is 2.18. The Bertz CT molecular complexity index is 251. The average Bonchev–Trinajstić information content (AvgIpc) is 2.06. The van der Waals surface area contributed by atoms with Crippen molar-refractivity contribution in [2.75, 3.05) is 12.9 Å². The zero-order valence-electron chi connectivity index (χ0n) is 9.03. The quantitative estimate of drug-likeness (QED) is 0.682. The molecular formula is C10H20O3S. The minimum Gasteiger partial charge on any atom is -0.270 e. The average molecular weight is 220 g/mol. The van der Waals surface area contributed by atoms with Gasteiger partial charge in [0.15, 0.2) is 0 Å². The van der Waals surface area contributed by atoms with E-state index in [-0.39, 0.29) is 0 Å². The highest BCUT2D eigenvalue weighted by Crippen LogP contribution is 2.30. The molecule has 0 bridgehead atoms. The Hall–Kier alpha value is -0.0900. The fourth-order valence-electron chi connectivity index (χ4n) is 1.98. The molecule has 0 radical (unpaired) electrons. The van der Waals surface area contributed by atoms with Gasteiger partial charge in [-0.2, -0.15) is 8.42 Å². The monoisotopic (exact) mass is 220 g/mol. The molecule has 1 rings (SSSR count). The molecular weight excluding hydrogens is 200 g/mol. The van der Waals surface area contributed by atoms with Gasteiger partial charge in [0.05, 0.1) is 12.9 Å². The van der Waals surface area contributed by atoms with E-state index in [1.807, 2.05) is 0 Å². The van der Waals surface area contributed by atoms with Crippen LogP contribution in [0.25, 0.3) is 0 Å². The van der Waals surface area contributed by atoms with Crippen molar-refractivity contribution in [1.82, 2.24) is 0 Å². The van der Waals surface area contributed by atoms with Crippen LogP contribution in [0.1, 0.15) is 39.0 Å². The van der Waals surface area contributed by atoms with E-state index in [0.717, 1.165) is 18.6 Å². The van der Waals surface area contributed by atoms with Crippen molar-refractivity contribution in [3.05, 3.63) is 0 Å². The summed E-state index contributed by atoms with van der Waals surface area (Å²) in [7, 11) is -3.24. The molecule has 1 fully saturated rings. The zero-order chi connectivity index (χ0) is 10.6. The van der Waals surface area contributed by atoms with Crippen molar-refractivity contribution in [3.8, 4) is 0 Å². The molecule has 1 saturated carbocycles. The van der Waals surface area contributed by atoms with Crippen molar-refractivity contribution in [1.29, 1.82) is 0 Å². The molecule has 14 heavy (non-hydrogen) atoms. The van der Waals surface area contributed by atoms with Gasteiger partial charge in [0, 0.05) is 0 Å². The molecule has 1 aliphatic rings. The van der Waals surface area contributed by atoms with Crippen molar-refractivity contribution in [3.63, 3.8) is 0 Å². The Morgan fingerprint density at radius 2 is 1.79 bits per heavy atom. The lowest BCUT2D eigenvalue weighted by Gasteiger charge is -2.25. The second kappa shape index (κ2) is 5.12. The summed E-state index contributed by atoms with van der Waals surface area (Å²) in [6.07, 6.45) is 7.02. The third-order valence-corrected chi connectivity index (χ3v) is 3.55. The molecule has 0 aromatic rings. The molecule has 0 atom stereocenters. The summed E-state index contributed by atoms with van der Waals surface area (Å²) in [6.45, 7) is 2.64. The summed E-state index contributed by atoms with van der Waals surface area (Å²) in [4.78, 5) is 0. The fraction of sp³-hybridized carbons (Fsp3) is 1.00. The van der Waals surface area contributed by atoms with Crippen LogP contribution in [0.5, 0.6) is 0 Å². The van der Waals surface area contributed by atoms with Gasteiger partial charge in [-0.3, -0.25) is 4.18 Å². The van der Waals surface area contributed by atoms with Crippen molar-refractivity contribution in [2.45, 2.75) is 39.0 Å². The Labute approximate surface area is 87.0 Å². The predicted molar refractivity (Wildman–Crippen MR) is 56.5 cm³/mol. The van der Waals surface area contributed by atoms with Crippen LogP contribution < -0.4 is 0 Å². The lowest BCUT2D eigenvalue weighted by atomic mass is 9.82. The van der Waals surface area contributed by atoms with Crippen LogP contribution in [0.4, 0.5) is 0 Å². The van der Waals surface area contributed by atoms with Gasteiger partial charge >= 0.3 is 0 Å². The lowest BCUT2D eigenvalue weighted by Crippen LogP contribution is -2.15. The maximum Gasteiger partial charge on any atom is 0.264 e. The van der Waals surface area contributed by atoms with E-state index < -0.39 is 10.1 Å². The van der Waals surface area contributed by atoms with Gasteiger partial charge in [-0.1, -0.05) is 32.6 Å². The van der Waals surface area contributed by atoms with Crippen LogP contribution in [-0.4, -0.2) is 21.3 Å². The Balaban J connectivity index is 2.14. The van der Waals surface area contributed by atoms with E-state index in [1.54, 1.807) is 0 Å². The first-order valence-corrected chi connectivity index (χ1v) is 7.13. The minimum atomic E-state index is -3.24. The molecule has 0 amide bonds. The smallest absolute Gasteiger partial charge is 0.264 e. The highest BCUT2D eigenvalue weighted by Gasteiger charge is 2.18. The third-order valence-electron chi connectivity index (χ3n) is 2.96. The summed E-state index contributed by atoms with van der Waals surface area (Å²) in [6, 6.07) is 0. The van der Waals surface area contributed by atoms with Crippen LogP contribution >= 0.6 is 0 Å². The Morgan fingerprint density at radius 3 is 2.29 bits per heavy atom. The first kappa shape index (κ1) is 12.0. The maximum absolute atomic E-state index is 10.7. The number of hydrogen-bond acceptors (Lipinski definition) is 3. The first-order valence-electron chi connectivity index (χ1n) is 5.32. The van der Waals surface area contributed by atoms with Crippen LogP contribution in [0.15, 0.2) is 0 Å². The maximum atomic E-state index is 10.7. The van der Waals surface area contributed by atoms with E-state index in [2.05, 4.69) is 6.92 Å². The fourth-order valence-corrected chi connectivity index (χ4v) is 2.38. The van der Waals surface area contributed by atoms with E-state index >= 15 is 0 Å². The Kier molecular flexibility index (Phi) is 4.38. The highest BCUT2D eigenvalue weighted by molar-refractivity contribution is 7.85. The topological polar surface area (TPSA) is 43.4 Å². The molecule has 0 aromatic carbocycles. The van der Waals surface area contributed by atoms with Crippen LogP contribution in [-0.2, 0) is 14.3 Å². The van der Waals surface area contributed by atoms with Crippen molar-refractivity contribution in [2.24, 2.45) is 11.8 Å². The van der Waals surface area contributed by atoms with E-state index in [9.17, 15) is 8.42 Å². The van der Waals surface area contributed by atoms with E-state index in [1.165, 1.54) is 25.7 Å². The standard InChI is InChI=1S/C10H20O3S/c1-9-3-5-10(6-4-9)7-8-13-14(2,11)12/h9-10H,3-8H2,1-2H3/t9-,10+. The largest absolute Gasteiger partial charge is 0.270 e. The first-order chi connectivity index (χ1) is 6.47. The molecule has 0 aliphatic heterocycles. The van der Waals surface area contributed by atoms with E-state index in [4.69, 9.17) is 4.18 Å². The van der Waals surface area contributed by atoms with Gasteiger partial charge in [0.25, 0.3) is 10.1 Å². The van der Waals surface area contributed by atoms with Crippen LogP contribution in [0.2, 0.25) is 0 Å². The van der Waals surface area contributed by atoms with Crippen LogP contribution in [0.3, 0.4) is 0 Å². The van der Waals surface area contributed by atoms with Crippen molar-refractivity contribution >= 4 is 10.1 Å². The van der Waals surface area contributed by atoms with Gasteiger partial charge in [-0.25, -0.2) is 0 Å². The molecule has 0 aromatic heterocycles. The normalized spacial score (nSPS) is 29.0. The molecule has 84 valence electrons. The molecule has 1 aliphatic carbocycles. The molecule has 0 spiro atoms. The van der Waals surface area contributed by atoms with Crippen LogP contribution in [0, 0.1) is 11.8 Å².